The first kappa shape index (κ1) is 31.5. The number of benzene rings is 2. The molecular formula is C37H42N4O5. The van der Waals surface area contributed by atoms with Crippen LogP contribution in [0.2, 0.25) is 0 Å². The molecule has 1 amide bonds. The summed E-state index contributed by atoms with van der Waals surface area (Å²) in [5.74, 6) is -0.524. The molecule has 1 saturated heterocycles. The predicted octanol–water partition coefficient (Wildman–Crippen LogP) is 5.96. The zero-order valence-electron chi connectivity index (χ0n) is 27.1. The number of esters is 1. The number of nitrogens with one attached hydrogen (secondary N) is 1. The number of fused-ring (bicyclic) bond motifs is 6. The number of amides is 1. The molecule has 0 spiro atoms. The molecule has 0 unspecified atom stereocenters. The van der Waals surface area contributed by atoms with Crippen LogP contribution in [0.15, 0.2) is 66.9 Å². The van der Waals surface area contributed by atoms with E-state index in [1.54, 1.807) is 25.4 Å². The maximum Gasteiger partial charge on any atom is 0.324 e. The van der Waals surface area contributed by atoms with Gasteiger partial charge in [-0.1, -0.05) is 32.6 Å². The van der Waals surface area contributed by atoms with Gasteiger partial charge in [0.25, 0.3) is 5.91 Å². The molecule has 6 rings (SSSR count). The summed E-state index contributed by atoms with van der Waals surface area (Å²) in [6.45, 7) is 12.2. The second kappa shape index (κ2) is 12.7. The molecule has 240 valence electrons. The summed E-state index contributed by atoms with van der Waals surface area (Å²) in [4.78, 5) is 31.4. The number of ether oxygens (including phenoxy) is 2. The van der Waals surface area contributed by atoms with E-state index < -0.39 is 11.5 Å². The largest absolute Gasteiger partial charge is 0.508 e. The van der Waals surface area contributed by atoms with E-state index in [1.165, 1.54) is 5.01 Å². The van der Waals surface area contributed by atoms with Gasteiger partial charge in [-0.15, -0.1) is 0 Å². The van der Waals surface area contributed by atoms with Crippen molar-refractivity contribution in [1.29, 1.82) is 0 Å². The second-order valence-electron chi connectivity index (χ2n) is 13.1. The summed E-state index contributed by atoms with van der Waals surface area (Å²) in [5, 5.41) is 13.3. The van der Waals surface area contributed by atoms with Gasteiger partial charge in [0.1, 0.15) is 11.8 Å². The molecule has 9 heteroatoms. The maximum absolute atomic E-state index is 13.4. The number of methoxy groups -OCH3 is 1. The Balaban J connectivity index is 1.56. The number of phenolic OH excluding ortho intramolecular Hbond substituents is 1. The standard InChI is InChI=1S/C37H42N4O5/c1-6-40-33-12-11-25-19-29(33)30(34(40)28-9-7-13-38-32(28)21-45-5)20-37(3,4)22-46-36(44)31-10-8-14-41(39-31)35(43)23(2)15-24-16-26(25)18-27(42)17-24/h7,9,11-13,16-19,31,39,42H,2,6,8,10,14-15,20-22H2,1,3-5H3/t31-/m0/s1. The molecule has 46 heavy (non-hydrogen) atoms. The van der Waals surface area contributed by atoms with Crippen LogP contribution < -0.4 is 5.43 Å². The molecule has 1 fully saturated rings. The van der Waals surface area contributed by atoms with Crippen molar-refractivity contribution in [2.75, 3.05) is 20.3 Å². The molecule has 2 aromatic heterocycles. The Morgan fingerprint density at radius 3 is 2.76 bits per heavy atom. The van der Waals surface area contributed by atoms with E-state index in [0.29, 0.717) is 38.0 Å². The van der Waals surface area contributed by atoms with E-state index in [2.05, 4.69) is 66.6 Å². The normalized spacial score (nSPS) is 18.8. The summed E-state index contributed by atoms with van der Waals surface area (Å²) in [6.07, 6.45) is 3.91. The third-order valence-electron chi connectivity index (χ3n) is 8.92. The van der Waals surface area contributed by atoms with E-state index >= 15 is 0 Å². The number of carbonyl (C=O) groups excluding carboxylic acids is 2. The first-order valence-electron chi connectivity index (χ1n) is 15.9. The van der Waals surface area contributed by atoms with Gasteiger partial charge >= 0.3 is 5.97 Å². The van der Waals surface area contributed by atoms with Crippen LogP contribution in [0.3, 0.4) is 0 Å². The Labute approximate surface area is 269 Å². The molecule has 6 bridgehead atoms. The monoisotopic (exact) mass is 622 g/mol. The number of carbonyl (C=O) groups is 2. The van der Waals surface area contributed by atoms with Gasteiger partial charge in [0.2, 0.25) is 0 Å². The van der Waals surface area contributed by atoms with Crippen molar-refractivity contribution in [3.05, 3.63) is 83.7 Å². The van der Waals surface area contributed by atoms with Gasteiger partial charge in [-0.25, -0.2) is 5.43 Å². The van der Waals surface area contributed by atoms with Crippen molar-refractivity contribution in [3.8, 4) is 28.1 Å². The van der Waals surface area contributed by atoms with Crippen molar-refractivity contribution >= 4 is 22.8 Å². The average Bonchev–Trinajstić information content (AvgIpc) is 3.34. The third kappa shape index (κ3) is 6.17. The topological polar surface area (TPSA) is 106 Å². The SMILES string of the molecule is C=C1Cc2cc(O)cc(c2)-c2ccc3c(c2)c(c(-c2cccnc2COC)n3CC)CC(C)(C)COC(=O)[C@@H]2CCCN(N2)C1=O. The highest BCUT2D eigenvalue weighted by Crippen LogP contribution is 2.41. The fourth-order valence-electron chi connectivity index (χ4n) is 6.78. The van der Waals surface area contributed by atoms with Crippen molar-refractivity contribution in [1.82, 2.24) is 20.0 Å². The van der Waals surface area contributed by atoms with Crippen LogP contribution in [0.25, 0.3) is 33.3 Å². The van der Waals surface area contributed by atoms with E-state index in [9.17, 15) is 14.7 Å². The van der Waals surface area contributed by atoms with E-state index in [4.69, 9.17) is 9.47 Å². The fourth-order valence-corrected chi connectivity index (χ4v) is 6.78. The zero-order valence-corrected chi connectivity index (χ0v) is 27.1. The maximum atomic E-state index is 13.4. The molecule has 2 N–H and O–H groups in total. The minimum atomic E-state index is -0.625. The number of hydrazine groups is 1. The molecule has 2 aliphatic heterocycles. The van der Waals surface area contributed by atoms with Gasteiger partial charge < -0.3 is 19.1 Å². The minimum Gasteiger partial charge on any atom is -0.508 e. The number of aromatic nitrogens is 2. The zero-order chi connectivity index (χ0) is 32.6. The lowest BCUT2D eigenvalue weighted by atomic mass is 9.84. The molecule has 0 saturated carbocycles. The summed E-state index contributed by atoms with van der Waals surface area (Å²) >= 11 is 0. The number of rotatable bonds is 4. The summed E-state index contributed by atoms with van der Waals surface area (Å²) in [5.41, 5.74) is 10.7. The van der Waals surface area contributed by atoms with Gasteiger partial charge in [-0.2, -0.15) is 0 Å². The van der Waals surface area contributed by atoms with Crippen molar-refractivity contribution < 1.29 is 24.2 Å². The van der Waals surface area contributed by atoms with E-state index in [-0.39, 0.29) is 30.7 Å². The molecule has 2 aliphatic rings. The molecule has 4 aromatic rings. The quantitative estimate of drug-likeness (QED) is 0.214. The van der Waals surface area contributed by atoms with Crippen LogP contribution >= 0.6 is 0 Å². The number of hydrogen-bond donors (Lipinski definition) is 2. The lowest BCUT2D eigenvalue weighted by molar-refractivity contribution is -0.153. The number of pyridine rings is 1. The first-order valence-corrected chi connectivity index (χ1v) is 15.9. The highest BCUT2D eigenvalue weighted by Gasteiger charge is 2.33. The summed E-state index contributed by atoms with van der Waals surface area (Å²) < 4.78 is 13.8. The van der Waals surface area contributed by atoms with Gasteiger partial charge in [0.15, 0.2) is 0 Å². The first-order chi connectivity index (χ1) is 22.1. The Hall–Kier alpha value is -4.47. The number of phenols is 1. The summed E-state index contributed by atoms with van der Waals surface area (Å²) in [6, 6.07) is 15.2. The molecule has 0 aliphatic carbocycles. The van der Waals surface area contributed by atoms with Crippen LogP contribution in [0.1, 0.15) is 50.4 Å². The minimum absolute atomic E-state index is 0.119. The predicted molar refractivity (Wildman–Crippen MR) is 178 cm³/mol. The van der Waals surface area contributed by atoms with E-state index in [0.717, 1.165) is 56.7 Å². The lowest BCUT2D eigenvalue weighted by Crippen LogP contribution is -2.56. The molecule has 9 nitrogen and oxygen atoms in total. The van der Waals surface area contributed by atoms with Crippen LogP contribution in [-0.4, -0.2) is 57.8 Å². The molecule has 2 aromatic carbocycles. The second-order valence-corrected chi connectivity index (χ2v) is 13.1. The van der Waals surface area contributed by atoms with Crippen LogP contribution in [0, 0.1) is 5.41 Å². The smallest absolute Gasteiger partial charge is 0.324 e. The Bertz CT molecular complexity index is 1820. The fraction of sp³-hybridized carbons (Fsp3) is 0.378. The number of nitrogens with zero attached hydrogens (tertiary/aromatic N) is 3. The highest BCUT2D eigenvalue weighted by molar-refractivity contribution is 5.96. The molecule has 1 atom stereocenters. The number of aromatic hydroxyl groups is 1. The van der Waals surface area contributed by atoms with Gasteiger partial charge in [0.05, 0.1) is 24.6 Å². The Morgan fingerprint density at radius 1 is 1.15 bits per heavy atom. The van der Waals surface area contributed by atoms with Crippen LogP contribution in [0.4, 0.5) is 0 Å². The van der Waals surface area contributed by atoms with Crippen molar-refractivity contribution in [2.45, 2.75) is 65.6 Å². The van der Waals surface area contributed by atoms with Gasteiger partial charge in [-0.05, 0) is 84.8 Å². The Kier molecular flexibility index (Phi) is 8.72. The van der Waals surface area contributed by atoms with Crippen molar-refractivity contribution in [2.24, 2.45) is 5.41 Å². The molecule has 0 radical (unpaired) electrons. The van der Waals surface area contributed by atoms with Crippen LogP contribution in [-0.2, 0) is 45.1 Å². The molecule has 4 heterocycles. The number of aryl methyl sites for hydroxylation is 1. The Morgan fingerprint density at radius 2 is 1.98 bits per heavy atom. The highest BCUT2D eigenvalue weighted by atomic mass is 16.5. The number of cyclic esters (lactones) is 1. The lowest BCUT2D eigenvalue weighted by Gasteiger charge is -2.34. The third-order valence-corrected chi connectivity index (χ3v) is 8.92. The van der Waals surface area contributed by atoms with Crippen molar-refractivity contribution in [3.63, 3.8) is 0 Å². The molecular weight excluding hydrogens is 580 g/mol. The summed E-state index contributed by atoms with van der Waals surface area (Å²) in [7, 11) is 1.67. The van der Waals surface area contributed by atoms with Gasteiger partial charge in [-0.3, -0.25) is 19.6 Å². The van der Waals surface area contributed by atoms with Crippen LogP contribution in [0.5, 0.6) is 5.75 Å². The number of hydrogen-bond acceptors (Lipinski definition) is 7. The average molecular weight is 623 g/mol. The van der Waals surface area contributed by atoms with E-state index in [1.807, 2.05) is 12.1 Å². The van der Waals surface area contributed by atoms with Gasteiger partial charge in [0, 0.05) is 60.3 Å².